The highest BCUT2D eigenvalue weighted by atomic mass is 79.9. The fourth-order valence-corrected chi connectivity index (χ4v) is 6.08. The van der Waals surface area contributed by atoms with Crippen molar-refractivity contribution in [2.75, 3.05) is 14.2 Å². The van der Waals surface area contributed by atoms with Crippen molar-refractivity contribution in [3.63, 3.8) is 0 Å². The van der Waals surface area contributed by atoms with Crippen LogP contribution in [-0.2, 0) is 14.3 Å². The molecule has 0 amide bonds. The van der Waals surface area contributed by atoms with E-state index in [1.807, 2.05) is 12.1 Å². The Hall–Kier alpha value is -4.22. The molecule has 0 saturated carbocycles. The Morgan fingerprint density at radius 3 is 2.48 bits per heavy atom. The zero-order valence-corrected chi connectivity index (χ0v) is 25.9. The Morgan fingerprint density at radius 2 is 1.81 bits per heavy atom. The molecule has 42 heavy (non-hydrogen) atoms. The molecule has 0 aliphatic carbocycles. The van der Waals surface area contributed by atoms with Gasteiger partial charge in [-0.15, -0.1) is 0 Å². The molecule has 2 aromatic heterocycles. The number of carbonyl (C=O) groups is 2. The van der Waals surface area contributed by atoms with Gasteiger partial charge < -0.3 is 18.6 Å². The molecular weight excluding hydrogens is 624 g/mol. The van der Waals surface area contributed by atoms with E-state index >= 15 is 0 Å². The molecule has 9 nitrogen and oxygen atoms in total. The minimum atomic E-state index is -0.831. The first-order valence-corrected chi connectivity index (χ1v) is 14.6. The average molecular weight is 652 g/mol. The summed E-state index contributed by atoms with van der Waals surface area (Å²) < 4.78 is 24.6. The number of allylic oxidation sites excluding steroid dienone is 1. The van der Waals surface area contributed by atoms with Crippen molar-refractivity contribution in [3.8, 4) is 17.1 Å². The molecule has 0 spiro atoms. The van der Waals surface area contributed by atoms with Crippen molar-refractivity contribution >= 4 is 45.3 Å². The molecule has 216 valence electrons. The highest BCUT2D eigenvalue weighted by Gasteiger charge is 2.35. The largest absolute Gasteiger partial charge is 0.496 e. The Kier molecular flexibility index (Phi) is 8.33. The smallest absolute Gasteiger partial charge is 0.338 e. The van der Waals surface area contributed by atoms with Crippen LogP contribution in [0.1, 0.15) is 48.5 Å². The van der Waals surface area contributed by atoms with E-state index < -0.39 is 18.0 Å². The average Bonchev–Trinajstić information content (AvgIpc) is 3.55. The van der Waals surface area contributed by atoms with Gasteiger partial charge in [0.2, 0.25) is 0 Å². The van der Waals surface area contributed by atoms with Gasteiger partial charge >= 0.3 is 11.9 Å². The van der Waals surface area contributed by atoms with Crippen molar-refractivity contribution in [2.45, 2.75) is 32.9 Å². The van der Waals surface area contributed by atoms with Crippen molar-refractivity contribution in [1.29, 1.82) is 0 Å². The minimum Gasteiger partial charge on any atom is -0.496 e. The topological polar surface area (TPSA) is 109 Å². The van der Waals surface area contributed by atoms with Crippen molar-refractivity contribution in [3.05, 3.63) is 107 Å². The van der Waals surface area contributed by atoms with Gasteiger partial charge in [0, 0.05) is 21.7 Å². The van der Waals surface area contributed by atoms with E-state index in [0.717, 1.165) is 10.0 Å². The maximum Gasteiger partial charge on any atom is 0.338 e. The molecule has 1 aliphatic heterocycles. The molecular formula is C31H27BrN2O7S. The predicted octanol–water partition coefficient (Wildman–Crippen LogP) is 5.00. The van der Waals surface area contributed by atoms with Crippen molar-refractivity contribution < 1.29 is 28.2 Å². The van der Waals surface area contributed by atoms with Crippen LogP contribution in [-0.4, -0.2) is 36.8 Å². The maximum absolute atomic E-state index is 14.0. The molecule has 1 aliphatic rings. The summed E-state index contributed by atoms with van der Waals surface area (Å²) in [6.07, 6.45) is 1.29. The lowest BCUT2D eigenvalue weighted by Crippen LogP contribution is -2.40. The number of carbonyl (C=O) groups excluding carboxylic acids is 2. The first-order chi connectivity index (χ1) is 20.1. The van der Waals surface area contributed by atoms with Crippen LogP contribution in [0.3, 0.4) is 0 Å². The van der Waals surface area contributed by atoms with E-state index in [9.17, 15) is 14.4 Å². The Bertz CT molecular complexity index is 1900. The van der Waals surface area contributed by atoms with Crippen molar-refractivity contribution in [2.24, 2.45) is 4.99 Å². The molecule has 0 radical (unpaired) electrons. The Labute approximate surface area is 253 Å². The van der Waals surface area contributed by atoms with Gasteiger partial charge in [0.25, 0.3) is 5.56 Å². The second-order valence-electron chi connectivity index (χ2n) is 9.69. The lowest BCUT2D eigenvalue weighted by Gasteiger charge is -2.26. The normalized spacial score (nSPS) is 14.9. The fourth-order valence-electron chi connectivity index (χ4n) is 4.68. The Balaban J connectivity index is 1.62. The van der Waals surface area contributed by atoms with E-state index in [-0.39, 0.29) is 17.2 Å². The number of hydrogen-bond acceptors (Lipinski definition) is 9. The third kappa shape index (κ3) is 5.62. The molecule has 0 bridgehead atoms. The van der Waals surface area contributed by atoms with Crippen LogP contribution in [0.15, 0.2) is 84.5 Å². The van der Waals surface area contributed by atoms with Crippen LogP contribution in [0.25, 0.3) is 17.4 Å². The van der Waals surface area contributed by atoms with Crippen molar-refractivity contribution in [1.82, 2.24) is 4.57 Å². The number of esters is 2. The summed E-state index contributed by atoms with van der Waals surface area (Å²) in [7, 11) is 2.87. The minimum absolute atomic E-state index is 0.259. The fraction of sp³-hybridized carbons (Fsp3) is 0.226. The maximum atomic E-state index is 14.0. The van der Waals surface area contributed by atoms with Crippen LogP contribution >= 0.6 is 27.3 Å². The molecule has 2 aromatic carbocycles. The zero-order valence-electron chi connectivity index (χ0n) is 23.5. The van der Waals surface area contributed by atoms with Gasteiger partial charge in [-0.1, -0.05) is 39.4 Å². The van der Waals surface area contributed by atoms with E-state index in [1.54, 1.807) is 69.3 Å². The van der Waals surface area contributed by atoms with Gasteiger partial charge in [0.05, 0.1) is 41.7 Å². The highest BCUT2D eigenvalue weighted by Crippen LogP contribution is 2.37. The van der Waals surface area contributed by atoms with Crippen LogP contribution in [0, 0.1) is 0 Å². The van der Waals surface area contributed by atoms with Gasteiger partial charge in [-0.2, -0.15) is 0 Å². The van der Waals surface area contributed by atoms with Crippen LogP contribution in [0.4, 0.5) is 0 Å². The predicted molar refractivity (Wildman–Crippen MR) is 161 cm³/mol. The lowest BCUT2D eigenvalue weighted by molar-refractivity contribution is -0.143. The number of methoxy groups -OCH3 is 2. The van der Waals surface area contributed by atoms with E-state index in [1.165, 1.54) is 30.1 Å². The molecule has 0 unspecified atom stereocenters. The summed E-state index contributed by atoms with van der Waals surface area (Å²) in [5.41, 5.74) is 2.17. The van der Waals surface area contributed by atoms with Gasteiger partial charge in [0.1, 0.15) is 23.3 Å². The monoisotopic (exact) mass is 650 g/mol. The molecule has 1 atom stereocenters. The highest BCUT2D eigenvalue weighted by molar-refractivity contribution is 9.10. The number of hydrogen-bond donors (Lipinski definition) is 0. The first kappa shape index (κ1) is 29.3. The molecule has 0 fully saturated rings. The quantitative estimate of drug-likeness (QED) is 0.259. The molecule has 0 saturated heterocycles. The number of aromatic nitrogens is 1. The summed E-state index contributed by atoms with van der Waals surface area (Å²) in [6.45, 7) is 5.27. The summed E-state index contributed by atoms with van der Waals surface area (Å²) >= 11 is 4.71. The standard InChI is InChI=1S/C31H27BrN2O7S/c1-16(2)40-30(37)26-17(3)33-31-34(27(26)22-14-20(32)10-12-24(22)38-4)28(35)25(42-31)15-21-11-13-23(41-21)18-6-8-19(9-7-18)29(36)39-5/h6-16,27H,1-5H3/b25-15-/t27-/m0/s1. The summed E-state index contributed by atoms with van der Waals surface area (Å²) in [4.78, 5) is 44.1. The number of nitrogens with zero attached hydrogens (tertiary/aromatic N) is 2. The Morgan fingerprint density at radius 1 is 1.07 bits per heavy atom. The second kappa shape index (κ2) is 11.9. The lowest BCUT2D eigenvalue weighted by atomic mass is 9.95. The number of furan rings is 1. The number of thiazole rings is 1. The molecule has 4 aromatic rings. The van der Waals surface area contributed by atoms with Gasteiger partial charge in [-0.3, -0.25) is 9.36 Å². The number of ether oxygens (including phenoxy) is 3. The van der Waals surface area contributed by atoms with Gasteiger partial charge in [-0.05, 0) is 63.2 Å². The zero-order chi connectivity index (χ0) is 30.1. The van der Waals surface area contributed by atoms with E-state index in [2.05, 4.69) is 20.9 Å². The third-order valence-electron chi connectivity index (χ3n) is 6.56. The van der Waals surface area contributed by atoms with E-state index in [0.29, 0.717) is 43.4 Å². The van der Waals surface area contributed by atoms with Crippen LogP contribution < -0.4 is 19.6 Å². The summed E-state index contributed by atoms with van der Waals surface area (Å²) in [5.74, 6) is 0.556. The molecule has 3 heterocycles. The first-order valence-electron chi connectivity index (χ1n) is 13.0. The SMILES string of the molecule is COC(=O)c1ccc(-c2ccc(/C=c3\sc4n(c3=O)[C@@H](c3cc(Br)ccc3OC)C(C(=O)OC(C)C)=C(C)N=4)o2)cc1. The summed E-state index contributed by atoms with van der Waals surface area (Å²) in [5, 5.41) is 0. The number of rotatable bonds is 7. The number of fused-ring (bicyclic) bond motifs is 1. The van der Waals surface area contributed by atoms with Crippen LogP contribution in [0.2, 0.25) is 0 Å². The molecule has 5 rings (SSSR count). The summed E-state index contributed by atoms with van der Waals surface area (Å²) in [6, 6.07) is 15.0. The van der Waals surface area contributed by atoms with Gasteiger partial charge in [-0.25, -0.2) is 14.6 Å². The van der Waals surface area contributed by atoms with Crippen LogP contribution in [0.5, 0.6) is 5.75 Å². The van der Waals surface area contributed by atoms with E-state index in [4.69, 9.17) is 18.6 Å². The second-order valence-corrected chi connectivity index (χ2v) is 11.6. The number of halogens is 1. The number of benzene rings is 2. The molecule has 11 heteroatoms. The molecule has 0 N–H and O–H groups in total. The third-order valence-corrected chi connectivity index (χ3v) is 8.04. The van der Waals surface area contributed by atoms with Gasteiger partial charge in [0.15, 0.2) is 4.80 Å².